The second-order valence-corrected chi connectivity index (χ2v) is 6.76. The molecule has 1 aliphatic rings. The summed E-state index contributed by atoms with van der Waals surface area (Å²) in [5.41, 5.74) is 0. The van der Waals surface area contributed by atoms with E-state index in [4.69, 9.17) is 34.8 Å². The van der Waals surface area contributed by atoms with Gasteiger partial charge in [0.15, 0.2) is 0 Å². The van der Waals surface area contributed by atoms with Crippen molar-refractivity contribution >= 4 is 58.3 Å². The molecule has 0 nitrogen and oxygen atoms in total. The molecule has 0 radical (unpaired) electrons. The third-order valence-electron chi connectivity index (χ3n) is 2.36. The summed E-state index contributed by atoms with van der Waals surface area (Å²) in [5, 5.41) is 1.48. The van der Waals surface area contributed by atoms with Gasteiger partial charge in [0, 0.05) is 19.6 Å². The van der Waals surface area contributed by atoms with Crippen LogP contribution in [0.25, 0.3) is 0 Å². The van der Waals surface area contributed by atoms with Crippen molar-refractivity contribution in [3.63, 3.8) is 0 Å². The molecule has 1 aliphatic heterocycles. The predicted octanol–water partition coefficient (Wildman–Crippen LogP) is 6.26. The number of hydrogen-bond acceptors (Lipinski definition) is 2. The summed E-state index contributed by atoms with van der Waals surface area (Å²) in [7, 11) is 0. The van der Waals surface area contributed by atoms with Crippen molar-refractivity contribution in [2.45, 2.75) is 19.6 Å². The first-order valence-corrected chi connectivity index (χ1v) is 7.56. The van der Waals surface area contributed by atoms with Crippen molar-refractivity contribution in [1.82, 2.24) is 0 Å². The van der Waals surface area contributed by atoms with E-state index in [1.54, 1.807) is 23.5 Å². The van der Waals surface area contributed by atoms with Gasteiger partial charge in [-0.25, -0.2) is 0 Å². The van der Waals surface area contributed by atoms with Crippen LogP contribution in [0.1, 0.15) is 0 Å². The Bertz CT molecular complexity index is 611. The van der Waals surface area contributed by atoms with Crippen molar-refractivity contribution in [2.24, 2.45) is 0 Å². The topological polar surface area (TPSA) is 0 Å². The Balaban J connectivity index is 2.18. The van der Waals surface area contributed by atoms with Gasteiger partial charge in [-0.1, -0.05) is 70.5 Å². The molecule has 0 fully saturated rings. The highest BCUT2D eigenvalue weighted by atomic mass is 35.5. The Morgan fingerprint density at radius 3 is 2.12 bits per heavy atom. The molecule has 0 amide bonds. The minimum Gasteiger partial charge on any atom is -0.0876 e. The monoisotopic (exact) mass is 318 g/mol. The molecule has 0 atom stereocenters. The molecule has 3 rings (SSSR count). The average Bonchev–Trinajstić information content (AvgIpc) is 2.34. The smallest absolute Gasteiger partial charge is 0.0790 e. The van der Waals surface area contributed by atoms with Crippen LogP contribution < -0.4 is 0 Å². The highest BCUT2D eigenvalue weighted by Gasteiger charge is 2.22. The third kappa shape index (κ3) is 2.06. The van der Waals surface area contributed by atoms with Gasteiger partial charge < -0.3 is 0 Å². The molecule has 0 unspecified atom stereocenters. The molecular formula is C12H5Cl3S2. The van der Waals surface area contributed by atoms with Gasteiger partial charge in [-0.15, -0.1) is 0 Å². The first kappa shape index (κ1) is 12.1. The van der Waals surface area contributed by atoms with Crippen molar-refractivity contribution in [1.29, 1.82) is 0 Å². The van der Waals surface area contributed by atoms with Crippen molar-refractivity contribution < 1.29 is 0 Å². The Labute approximate surface area is 123 Å². The number of rotatable bonds is 0. The van der Waals surface area contributed by atoms with Gasteiger partial charge in [-0.3, -0.25) is 0 Å². The Morgan fingerprint density at radius 2 is 1.41 bits per heavy atom. The summed E-state index contributed by atoms with van der Waals surface area (Å²) in [6.45, 7) is 0. The largest absolute Gasteiger partial charge is 0.0876 e. The molecule has 0 bridgehead atoms. The van der Waals surface area contributed by atoms with Gasteiger partial charge in [0.2, 0.25) is 0 Å². The molecule has 1 heterocycles. The maximum atomic E-state index is 6.23. The summed E-state index contributed by atoms with van der Waals surface area (Å²) in [5.74, 6) is 0. The van der Waals surface area contributed by atoms with Crippen LogP contribution in [-0.4, -0.2) is 0 Å². The van der Waals surface area contributed by atoms with E-state index in [0.29, 0.717) is 15.1 Å². The van der Waals surface area contributed by atoms with E-state index >= 15 is 0 Å². The molecule has 17 heavy (non-hydrogen) atoms. The van der Waals surface area contributed by atoms with Gasteiger partial charge in [0.05, 0.1) is 15.1 Å². The third-order valence-corrected chi connectivity index (χ3v) is 6.32. The van der Waals surface area contributed by atoms with E-state index in [0.717, 1.165) is 9.79 Å². The van der Waals surface area contributed by atoms with Gasteiger partial charge in [-0.05, 0) is 18.2 Å². The molecule has 0 aliphatic carbocycles. The lowest BCUT2D eigenvalue weighted by molar-refractivity contribution is 1.16. The van der Waals surface area contributed by atoms with E-state index in [2.05, 4.69) is 12.1 Å². The maximum Gasteiger partial charge on any atom is 0.0790 e. The predicted molar refractivity (Wildman–Crippen MR) is 76.2 cm³/mol. The van der Waals surface area contributed by atoms with E-state index in [1.165, 1.54) is 9.79 Å². The minimum atomic E-state index is 0.430. The quantitative estimate of drug-likeness (QED) is 0.448. The fraction of sp³-hybridized carbons (Fsp3) is 0. The molecule has 0 N–H and O–H groups in total. The summed E-state index contributed by atoms with van der Waals surface area (Å²) in [6.07, 6.45) is 0. The van der Waals surface area contributed by atoms with Crippen LogP contribution in [0.15, 0.2) is 49.9 Å². The Kier molecular flexibility index (Phi) is 3.26. The van der Waals surface area contributed by atoms with E-state index in [-0.39, 0.29) is 0 Å². The second kappa shape index (κ2) is 4.60. The lowest BCUT2D eigenvalue weighted by Crippen LogP contribution is -1.91. The standard InChI is InChI=1S/C12H5Cl3S2/c13-6-5-9-12(11(15)10(6)14)17-8-4-2-1-3-7(8)16-9/h1-5H. The summed E-state index contributed by atoms with van der Waals surface area (Å²) in [6, 6.07) is 10.1. The number of benzene rings is 2. The summed E-state index contributed by atoms with van der Waals surface area (Å²) in [4.78, 5) is 4.47. The molecule has 0 spiro atoms. The van der Waals surface area contributed by atoms with Gasteiger partial charge in [-0.2, -0.15) is 0 Å². The Hall–Kier alpha value is 0.01000. The maximum absolute atomic E-state index is 6.23. The van der Waals surface area contributed by atoms with Crippen LogP contribution in [0.5, 0.6) is 0 Å². The second-order valence-electron chi connectivity index (χ2n) is 3.46. The molecular weight excluding hydrogens is 315 g/mol. The number of fused-ring (bicyclic) bond motifs is 2. The van der Waals surface area contributed by atoms with Crippen LogP contribution in [0, 0.1) is 0 Å². The fourth-order valence-electron chi connectivity index (χ4n) is 1.57. The summed E-state index contributed by atoms with van der Waals surface area (Å²) < 4.78 is 0. The number of hydrogen-bond donors (Lipinski definition) is 0. The van der Waals surface area contributed by atoms with Crippen molar-refractivity contribution in [3.05, 3.63) is 45.4 Å². The minimum absolute atomic E-state index is 0.430. The van der Waals surface area contributed by atoms with E-state index < -0.39 is 0 Å². The lowest BCUT2D eigenvalue weighted by atomic mass is 10.3. The lowest BCUT2D eigenvalue weighted by Gasteiger charge is -2.20. The Morgan fingerprint density at radius 1 is 0.765 bits per heavy atom. The fourth-order valence-corrected chi connectivity index (χ4v) is 4.78. The van der Waals surface area contributed by atoms with Crippen LogP contribution in [-0.2, 0) is 0 Å². The zero-order chi connectivity index (χ0) is 12.0. The van der Waals surface area contributed by atoms with E-state index in [1.807, 2.05) is 18.2 Å². The number of halogens is 3. The first-order chi connectivity index (χ1) is 8.16. The molecule has 0 aromatic heterocycles. The molecule has 2 aromatic rings. The van der Waals surface area contributed by atoms with Crippen LogP contribution in [0.4, 0.5) is 0 Å². The van der Waals surface area contributed by atoms with Crippen molar-refractivity contribution in [3.8, 4) is 0 Å². The highest BCUT2D eigenvalue weighted by Crippen LogP contribution is 2.53. The van der Waals surface area contributed by atoms with Gasteiger partial charge >= 0.3 is 0 Å². The molecule has 0 saturated carbocycles. The van der Waals surface area contributed by atoms with E-state index in [9.17, 15) is 0 Å². The van der Waals surface area contributed by atoms with Gasteiger partial charge in [0.25, 0.3) is 0 Å². The van der Waals surface area contributed by atoms with Crippen LogP contribution >= 0.6 is 58.3 Å². The highest BCUT2D eigenvalue weighted by molar-refractivity contribution is 8.05. The normalized spacial score (nSPS) is 13.1. The zero-order valence-corrected chi connectivity index (χ0v) is 12.2. The van der Waals surface area contributed by atoms with Gasteiger partial charge in [0.1, 0.15) is 0 Å². The molecule has 2 aromatic carbocycles. The molecule has 0 saturated heterocycles. The van der Waals surface area contributed by atoms with Crippen molar-refractivity contribution in [2.75, 3.05) is 0 Å². The average molecular weight is 320 g/mol. The molecule has 86 valence electrons. The van der Waals surface area contributed by atoms with Crippen LogP contribution in [0.3, 0.4) is 0 Å². The SMILES string of the molecule is Clc1cc2c(c(Cl)c1Cl)Sc1ccccc1S2. The molecule has 5 heteroatoms. The zero-order valence-electron chi connectivity index (χ0n) is 8.34. The van der Waals surface area contributed by atoms with Crippen LogP contribution in [0.2, 0.25) is 15.1 Å². The summed E-state index contributed by atoms with van der Waals surface area (Å²) >= 11 is 21.6. The first-order valence-electron chi connectivity index (χ1n) is 4.79.